The van der Waals surface area contributed by atoms with E-state index in [1.165, 1.54) is 18.1 Å². The third-order valence-electron chi connectivity index (χ3n) is 6.71. The van der Waals surface area contributed by atoms with Crippen LogP contribution < -0.4 is 4.74 Å². The van der Waals surface area contributed by atoms with Crippen LogP contribution in [-0.4, -0.2) is 26.9 Å². The predicted molar refractivity (Wildman–Crippen MR) is 127 cm³/mol. The Bertz CT molecular complexity index is 1190. The number of carbonyl (C=O) groups is 2. The minimum absolute atomic E-state index is 0.107. The van der Waals surface area contributed by atoms with Crippen molar-refractivity contribution in [2.24, 2.45) is 11.8 Å². The number of hydrogen-bond donors (Lipinski definition) is 0. The zero-order valence-electron chi connectivity index (χ0n) is 20.2. The van der Waals surface area contributed by atoms with Gasteiger partial charge in [0.2, 0.25) is 0 Å². The van der Waals surface area contributed by atoms with E-state index in [0.29, 0.717) is 18.0 Å². The number of aryl methyl sites for hydroxylation is 1. The van der Waals surface area contributed by atoms with Gasteiger partial charge in [0.05, 0.1) is 18.7 Å². The molecule has 0 bridgehead atoms. The molecular formula is C27H31N3O4. The molecule has 0 fully saturated rings. The first-order valence-electron chi connectivity index (χ1n) is 11.7. The van der Waals surface area contributed by atoms with Gasteiger partial charge in [-0.05, 0) is 72.9 Å². The second-order valence-electron chi connectivity index (χ2n) is 9.16. The Morgan fingerprint density at radius 2 is 1.94 bits per heavy atom. The minimum atomic E-state index is -0.326. The van der Waals surface area contributed by atoms with E-state index in [9.17, 15) is 9.59 Å². The molecule has 34 heavy (non-hydrogen) atoms. The van der Waals surface area contributed by atoms with Crippen LogP contribution in [0.1, 0.15) is 53.8 Å². The third-order valence-corrected chi connectivity index (χ3v) is 6.71. The van der Waals surface area contributed by atoms with Crippen LogP contribution in [0.25, 0.3) is 0 Å². The van der Waals surface area contributed by atoms with Crippen LogP contribution in [0.5, 0.6) is 5.75 Å². The summed E-state index contributed by atoms with van der Waals surface area (Å²) < 4.78 is 12.8. The maximum absolute atomic E-state index is 12.8. The fourth-order valence-electron chi connectivity index (χ4n) is 4.73. The Hall–Kier alpha value is -3.48. The monoisotopic (exact) mass is 461 g/mol. The summed E-state index contributed by atoms with van der Waals surface area (Å²) in [5, 5.41) is 8.27. The maximum Gasteiger partial charge on any atom is 0.309 e. The van der Waals surface area contributed by atoms with Gasteiger partial charge in [0.15, 0.2) is 0 Å². The van der Waals surface area contributed by atoms with Crippen molar-refractivity contribution < 1.29 is 19.1 Å². The third kappa shape index (κ3) is 5.35. The van der Waals surface area contributed by atoms with E-state index in [-0.39, 0.29) is 30.4 Å². The highest BCUT2D eigenvalue weighted by Crippen LogP contribution is 2.38. The molecule has 1 heterocycles. The Morgan fingerprint density at radius 1 is 1.18 bits per heavy atom. The Labute approximate surface area is 200 Å². The summed E-state index contributed by atoms with van der Waals surface area (Å²) in [4.78, 5) is 24.3. The second-order valence-corrected chi connectivity index (χ2v) is 9.16. The summed E-state index contributed by atoms with van der Waals surface area (Å²) in [7, 11) is 0. The molecule has 0 unspecified atom stereocenters. The molecule has 1 aromatic heterocycles. The lowest BCUT2D eigenvalue weighted by molar-refractivity contribution is -0.151. The summed E-state index contributed by atoms with van der Waals surface area (Å²) in [5.41, 5.74) is 6.36. The number of benzene rings is 2. The maximum atomic E-state index is 12.8. The number of carbonyl (C=O) groups excluding carboxylic acids is 2. The van der Waals surface area contributed by atoms with Gasteiger partial charge in [0.1, 0.15) is 18.1 Å². The van der Waals surface area contributed by atoms with Crippen LogP contribution in [0.3, 0.4) is 0 Å². The molecule has 0 aliphatic heterocycles. The second kappa shape index (κ2) is 10.2. The zero-order valence-corrected chi connectivity index (χ0v) is 20.2. The van der Waals surface area contributed by atoms with Crippen LogP contribution in [0.4, 0.5) is 0 Å². The van der Waals surface area contributed by atoms with Gasteiger partial charge in [-0.1, -0.05) is 42.5 Å². The molecule has 178 valence electrons. The largest absolute Gasteiger partial charge is 0.459 e. The lowest BCUT2D eigenvalue weighted by Crippen LogP contribution is -2.29. The Balaban J connectivity index is 1.37. The van der Waals surface area contributed by atoms with Crippen molar-refractivity contribution in [3.63, 3.8) is 0 Å². The highest BCUT2D eigenvalue weighted by Gasteiger charge is 2.31. The van der Waals surface area contributed by atoms with Crippen molar-refractivity contribution in [2.45, 2.75) is 60.1 Å². The molecule has 2 atom stereocenters. The summed E-state index contributed by atoms with van der Waals surface area (Å²) in [6.07, 6.45) is 4.40. The molecule has 7 nitrogen and oxygen atoms in total. The molecule has 0 N–H and O–H groups in total. The average molecular weight is 462 g/mol. The molecule has 1 aliphatic rings. The smallest absolute Gasteiger partial charge is 0.309 e. The molecule has 2 aromatic carbocycles. The topological polar surface area (TPSA) is 83.3 Å². The minimum Gasteiger partial charge on any atom is -0.459 e. The fraction of sp³-hybridized carbons (Fsp3) is 0.407. The first kappa shape index (κ1) is 23.7. The van der Waals surface area contributed by atoms with Gasteiger partial charge < -0.3 is 9.47 Å². The Morgan fingerprint density at radius 3 is 2.68 bits per heavy atom. The molecule has 0 spiro atoms. The van der Waals surface area contributed by atoms with E-state index >= 15 is 0 Å². The molecule has 7 heteroatoms. The van der Waals surface area contributed by atoms with Crippen molar-refractivity contribution in [2.75, 3.05) is 0 Å². The summed E-state index contributed by atoms with van der Waals surface area (Å²) in [6, 6.07) is 12.0. The van der Waals surface area contributed by atoms with Gasteiger partial charge in [-0.15, -0.1) is 5.10 Å². The quantitative estimate of drug-likeness (QED) is 0.384. The lowest BCUT2D eigenvalue weighted by Gasteiger charge is -2.31. The van der Waals surface area contributed by atoms with Gasteiger partial charge in [0.25, 0.3) is 0 Å². The van der Waals surface area contributed by atoms with Crippen molar-refractivity contribution in [3.05, 3.63) is 76.1 Å². The van der Waals surface area contributed by atoms with Crippen LogP contribution >= 0.6 is 0 Å². The van der Waals surface area contributed by atoms with E-state index in [4.69, 9.17) is 9.47 Å². The van der Waals surface area contributed by atoms with Crippen LogP contribution in [0.15, 0.2) is 42.6 Å². The van der Waals surface area contributed by atoms with E-state index in [1.807, 2.05) is 63.4 Å². The molecule has 3 aromatic rings. The van der Waals surface area contributed by atoms with Crippen LogP contribution in [0, 0.1) is 25.7 Å². The number of nitrogens with zero attached hydrogens (tertiary/aromatic N) is 3. The first-order valence-corrected chi connectivity index (χ1v) is 11.7. The molecule has 0 radical (unpaired) electrons. The van der Waals surface area contributed by atoms with Gasteiger partial charge in [-0.2, -0.15) is 0 Å². The van der Waals surface area contributed by atoms with Gasteiger partial charge >= 0.3 is 11.9 Å². The van der Waals surface area contributed by atoms with Crippen LogP contribution in [0.2, 0.25) is 0 Å². The number of hydrogen-bond acceptors (Lipinski definition) is 6. The summed E-state index contributed by atoms with van der Waals surface area (Å²) >= 11 is 0. The lowest BCUT2D eigenvalue weighted by atomic mass is 9.75. The fourth-order valence-corrected chi connectivity index (χ4v) is 4.73. The number of rotatable bonds is 7. The summed E-state index contributed by atoms with van der Waals surface area (Å²) in [5.74, 6) is -0.0220. The van der Waals surface area contributed by atoms with E-state index in [2.05, 4.69) is 10.3 Å². The van der Waals surface area contributed by atoms with E-state index < -0.39 is 0 Å². The number of esters is 2. The predicted octanol–water partition coefficient (Wildman–Crippen LogP) is 4.35. The Kier molecular flexibility index (Phi) is 7.10. The summed E-state index contributed by atoms with van der Waals surface area (Å²) in [6.45, 7) is 8.11. The van der Waals surface area contributed by atoms with Crippen molar-refractivity contribution in [1.82, 2.24) is 15.0 Å². The van der Waals surface area contributed by atoms with Gasteiger partial charge in [0, 0.05) is 6.92 Å². The molecule has 0 saturated heterocycles. The van der Waals surface area contributed by atoms with Crippen molar-refractivity contribution in [3.8, 4) is 5.75 Å². The van der Waals surface area contributed by atoms with E-state index in [0.717, 1.165) is 36.0 Å². The first-order chi connectivity index (χ1) is 16.3. The highest BCUT2D eigenvalue weighted by atomic mass is 16.5. The molecule has 4 rings (SSSR count). The zero-order chi connectivity index (χ0) is 24.2. The molecule has 1 aliphatic carbocycles. The van der Waals surface area contributed by atoms with Gasteiger partial charge in [-0.3, -0.25) is 9.59 Å². The number of ether oxygens (including phenoxy) is 2. The molecule has 0 saturated carbocycles. The normalized spacial score (nSPS) is 15.9. The molecule has 0 amide bonds. The van der Waals surface area contributed by atoms with Crippen molar-refractivity contribution in [1.29, 1.82) is 0 Å². The average Bonchev–Trinajstić information content (AvgIpc) is 3.27. The van der Waals surface area contributed by atoms with Crippen molar-refractivity contribution >= 4 is 11.9 Å². The standard InChI is InChI=1S/C27H31N3O4/c1-17-12-26(34-20(4)31)19(3)25-13-22(10-11-24(17)25)18(2)27(32)33-16-23-15-30(29-28-23)14-21-8-6-5-7-9-21/h5-9,12,15,18,22H,10-11,13-14,16H2,1-4H3/t18-,22-/m1/s1. The van der Waals surface area contributed by atoms with E-state index in [1.54, 1.807) is 4.68 Å². The SMILES string of the molecule is CC(=O)Oc1cc(C)c2c(c1C)C[C@H]([C@@H](C)C(=O)OCc1cn(Cc3ccccc3)nn1)CC2. The van der Waals surface area contributed by atoms with Gasteiger partial charge in [-0.25, -0.2) is 4.68 Å². The number of aromatic nitrogens is 3. The van der Waals surface area contributed by atoms with Crippen LogP contribution in [-0.2, 0) is 40.3 Å². The number of fused-ring (bicyclic) bond motifs is 1. The molecular weight excluding hydrogens is 430 g/mol. The highest BCUT2D eigenvalue weighted by molar-refractivity contribution is 5.73.